The van der Waals surface area contributed by atoms with Gasteiger partial charge in [0.15, 0.2) is 0 Å². The summed E-state index contributed by atoms with van der Waals surface area (Å²) in [6.45, 7) is 15.3. The molecule has 0 saturated heterocycles. The van der Waals surface area contributed by atoms with Gasteiger partial charge >= 0.3 is 0 Å². The summed E-state index contributed by atoms with van der Waals surface area (Å²) in [5.41, 5.74) is 5.38. The lowest BCUT2D eigenvalue weighted by atomic mass is 10.1. The van der Waals surface area contributed by atoms with Gasteiger partial charge in [-0.3, -0.25) is 0 Å². The Hall–Kier alpha value is 0.427. The molecule has 0 aliphatic heterocycles. The Labute approximate surface area is 127 Å². The highest BCUT2D eigenvalue weighted by Crippen LogP contribution is 2.11. The highest BCUT2D eigenvalue weighted by atomic mass is 35.6. The molecule has 19 heavy (non-hydrogen) atoms. The van der Waals surface area contributed by atoms with Crippen molar-refractivity contribution in [2.45, 2.75) is 91.0 Å². The zero-order chi connectivity index (χ0) is 15.5. The summed E-state index contributed by atoms with van der Waals surface area (Å²) < 4.78 is 5.64. The van der Waals surface area contributed by atoms with Gasteiger partial charge < -0.3 is 10.5 Å². The Bertz CT molecular complexity index is 191. The number of hydrogen-bond donors (Lipinski definition) is 1. The predicted octanol–water partition coefficient (Wildman–Crippen LogP) is 4.70. The average Bonchev–Trinajstić information content (AvgIpc) is 2.11. The van der Waals surface area contributed by atoms with Crippen molar-refractivity contribution < 1.29 is 4.74 Å². The highest BCUT2D eigenvalue weighted by Gasteiger charge is 2.08. The van der Waals surface area contributed by atoms with E-state index < -0.39 is 8.11 Å². The van der Waals surface area contributed by atoms with Crippen molar-refractivity contribution in [1.29, 1.82) is 0 Å². The second-order valence-corrected chi connectivity index (χ2v) is 11.7. The molecule has 0 saturated carbocycles. The molecule has 1 atom stereocenters. The zero-order valence-corrected chi connectivity index (χ0v) is 16.1. The Morgan fingerprint density at radius 2 is 1.37 bits per heavy atom. The summed E-state index contributed by atoms with van der Waals surface area (Å²) in [4.78, 5) is 0. The molecule has 2 nitrogen and oxygen atoms in total. The van der Waals surface area contributed by atoms with Crippen molar-refractivity contribution in [2.75, 3.05) is 6.61 Å². The van der Waals surface area contributed by atoms with E-state index in [-0.39, 0.29) is 11.1 Å². The first-order valence-electron chi connectivity index (χ1n) is 7.49. The van der Waals surface area contributed by atoms with E-state index in [0.29, 0.717) is 0 Å². The number of ether oxygens (including phenoxy) is 1. The first-order chi connectivity index (χ1) is 8.42. The van der Waals surface area contributed by atoms with Crippen LogP contribution in [0.5, 0.6) is 0 Å². The predicted molar refractivity (Wildman–Crippen MR) is 91.8 cm³/mol. The summed E-state index contributed by atoms with van der Waals surface area (Å²) >= 11 is 5.99. The molecule has 0 aliphatic carbocycles. The second kappa shape index (κ2) is 11.1. The molecule has 2 N–H and O–H groups in total. The topological polar surface area (TPSA) is 35.2 Å². The summed E-state index contributed by atoms with van der Waals surface area (Å²) in [5, 5.41) is 0. The van der Waals surface area contributed by atoms with Crippen molar-refractivity contribution in [3.63, 3.8) is 0 Å². The quantitative estimate of drug-likeness (QED) is 0.420. The van der Waals surface area contributed by atoms with Gasteiger partial charge in [-0.25, -0.2) is 0 Å². The van der Waals surface area contributed by atoms with Gasteiger partial charge in [-0.05, 0) is 54.0 Å². The van der Waals surface area contributed by atoms with E-state index in [1.54, 1.807) is 0 Å². The lowest BCUT2D eigenvalue weighted by Gasteiger charge is -2.19. The van der Waals surface area contributed by atoms with Crippen LogP contribution in [-0.4, -0.2) is 25.9 Å². The minimum absolute atomic E-state index is 0. The van der Waals surface area contributed by atoms with E-state index >= 15 is 0 Å². The number of hydrogen-bond acceptors (Lipinski definition) is 2. The van der Waals surface area contributed by atoms with E-state index in [9.17, 15) is 0 Å². The number of rotatable bonds is 7. The molecule has 4 heteroatoms. The molecular weight excluding hydrogens is 274 g/mol. The van der Waals surface area contributed by atoms with E-state index in [2.05, 4.69) is 27.3 Å². The normalized spacial score (nSPS) is 13.7. The van der Waals surface area contributed by atoms with Crippen LogP contribution in [-0.2, 0) is 4.74 Å². The molecule has 0 amide bonds. The number of unbranched alkanes of at least 4 members (excludes halogenated alkanes) is 3. The van der Waals surface area contributed by atoms with Crippen molar-refractivity contribution in [2.24, 2.45) is 5.73 Å². The molecule has 0 rings (SSSR count). The van der Waals surface area contributed by atoms with Crippen LogP contribution in [0.3, 0.4) is 0 Å². The average molecular weight is 310 g/mol. The van der Waals surface area contributed by atoms with Crippen LogP contribution >= 0.6 is 11.1 Å². The van der Waals surface area contributed by atoms with Crippen LogP contribution in [0.25, 0.3) is 0 Å². The minimum Gasteiger partial charge on any atom is -0.376 e. The molecular formula is C15H36ClNOSi. The lowest BCUT2D eigenvalue weighted by Crippen LogP contribution is -2.26. The molecule has 118 valence electrons. The Kier molecular flexibility index (Phi) is 12.7. The fourth-order valence-electron chi connectivity index (χ4n) is 1.26. The molecule has 0 radical (unpaired) electrons. The van der Waals surface area contributed by atoms with Gasteiger partial charge in [0, 0.05) is 12.1 Å². The van der Waals surface area contributed by atoms with Crippen LogP contribution in [0.15, 0.2) is 0 Å². The van der Waals surface area contributed by atoms with Crippen LogP contribution < -0.4 is 5.73 Å². The third kappa shape index (κ3) is 38.1. The Balaban J connectivity index is 0. The lowest BCUT2D eigenvalue weighted by molar-refractivity contribution is -0.00471. The largest absolute Gasteiger partial charge is 0.376 e. The van der Waals surface area contributed by atoms with Gasteiger partial charge in [0.25, 0.3) is 0 Å². The van der Waals surface area contributed by atoms with Crippen molar-refractivity contribution >= 4 is 19.2 Å². The van der Waals surface area contributed by atoms with Crippen LogP contribution in [0.2, 0.25) is 12.6 Å². The van der Waals surface area contributed by atoms with Gasteiger partial charge in [0.1, 0.15) is 8.11 Å². The molecule has 0 heterocycles. The summed E-state index contributed by atoms with van der Waals surface area (Å²) in [6, 6.07) is 1.28. The second-order valence-electron chi connectivity index (χ2n) is 7.31. The van der Waals surface area contributed by atoms with Crippen molar-refractivity contribution in [3.8, 4) is 0 Å². The Morgan fingerprint density at radius 1 is 0.947 bits per heavy atom. The summed E-state index contributed by atoms with van der Waals surface area (Å²) in [7, 11) is -0.816. The highest BCUT2D eigenvalue weighted by molar-refractivity contribution is 7.06. The first kappa shape index (κ1) is 21.7. The van der Waals surface area contributed by atoms with Gasteiger partial charge in [-0.2, -0.15) is 11.1 Å². The van der Waals surface area contributed by atoms with Crippen molar-refractivity contribution in [3.05, 3.63) is 0 Å². The number of halogens is 1. The smallest absolute Gasteiger partial charge is 0.138 e. The van der Waals surface area contributed by atoms with Gasteiger partial charge in [0.2, 0.25) is 0 Å². The molecule has 0 aromatic heterocycles. The number of nitrogens with two attached hydrogens (primary N) is 1. The van der Waals surface area contributed by atoms with Gasteiger partial charge in [-0.1, -0.05) is 25.8 Å². The third-order valence-electron chi connectivity index (χ3n) is 2.03. The van der Waals surface area contributed by atoms with Crippen LogP contribution in [0.4, 0.5) is 0 Å². The van der Waals surface area contributed by atoms with E-state index in [1.807, 2.05) is 20.8 Å². The standard InChI is InChI=1S/C11H25ClOSi.C4H11N/c1-11(2,3)13-9-7-5-6-8-10-14(4)12;1-4(2,3)5/h14H,5-10H2,1-4H3;5H2,1-3H3. The molecule has 0 spiro atoms. The van der Waals surface area contributed by atoms with Crippen LogP contribution in [0.1, 0.15) is 67.2 Å². The maximum Gasteiger partial charge on any atom is 0.138 e. The molecule has 1 unspecified atom stereocenters. The molecule has 0 aliphatic rings. The first-order valence-corrected chi connectivity index (χ1v) is 11.2. The monoisotopic (exact) mass is 309 g/mol. The molecule has 0 aromatic carbocycles. The third-order valence-corrected chi connectivity index (χ3v) is 3.89. The van der Waals surface area contributed by atoms with Crippen molar-refractivity contribution in [1.82, 2.24) is 0 Å². The van der Waals surface area contributed by atoms with Gasteiger partial charge in [-0.15, -0.1) is 0 Å². The maximum absolute atomic E-state index is 5.99. The maximum atomic E-state index is 5.99. The minimum atomic E-state index is -0.816. The molecule has 0 fully saturated rings. The molecule has 0 bridgehead atoms. The SMILES string of the molecule is CC(C)(C)N.C[SiH](Cl)CCCCCCOC(C)(C)C. The molecule has 0 aromatic rings. The van der Waals surface area contributed by atoms with E-state index in [1.165, 1.54) is 31.7 Å². The van der Waals surface area contributed by atoms with Gasteiger partial charge in [0.05, 0.1) is 5.60 Å². The van der Waals surface area contributed by atoms with E-state index in [4.69, 9.17) is 21.5 Å². The summed E-state index contributed by atoms with van der Waals surface area (Å²) in [5.74, 6) is 0. The Morgan fingerprint density at radius 3 is 1.74 bits per heavy atom. The fraction of sp³-hybridized carbons (Fsp3) is 1.00. The van der Waals surface area contributed by atoms with E-state index in [0.717, 1.165) is 6.61 Å². The fourth-order valence-corrected chi connectivity index (χ4v) is 2.57. The zero-order valence-electron chi connectivity index (χ0n) is 14.2. The van der Waals surface area contributed by atoms with Crippen LogP contribution in [0, 0.1) is 0 Å². The summed E-state index contributed by atoms with van der Waals surface area (Å²) in [6.07, 6.45) is 5.10.